The van der Waals surface area contributed by atoms with Gasteiger partial charge in [0.15, 0.2) is 39.9 Å². The van der Waals surface area contributed by atoms with Gasteiger partial charge in [0.05, 0.1) is 0 Å². The fourth-order valence-corrected chi connectivity index (χ4v) is 7.98. The number of piperazine rings is 2. The first-order valence-electron chi connectivity index (χ1n) is 30.9. The maximum atomic E-state index is 10.8. The van der Waals surface area contributed by atoms with Gasteiger partial charge in [-0.3, -0.25) is 0 Å². The smallest absolute Gasteiger partial charge is 0.354 e. The number of hydrogen-bond donors (Lipinski definition) is 12. The van der Waals surface area contributed by atoms with Gasteiger partial charge in [-0.15, -0.1) is 0 Å². The van der Waals surface area contributed by atoms with Crippen LogP contribution in [0.3, 0.4) is 0 Å². The number of nitrogens with zero attached hydrogens (tertiary/aromatic N) is 20. The summed E-state index contributed by atoms with van der Waals surface area (Å²) in [5.74, 6) is -3.23. The highest BCUT2D eigenvalue weighted by molar-refractivity contribution is 5.89. The van der Waals surface area contributed by atoms with E-state index in [1.807, 2.05) is 53.9 Å². The molecule has 2 saturated heterocycles. The van der Waals surface area contributed by atoms with E-state index in [1.165, 1.54) is 86.8 Å². The van der Waals surface area contributed by atoms with Gasteiger partial charge in [-0.05, 0) is 75.5 Å². The van der Waals surface area contributed by atoms with Gasteiger partial charge in [-0.1, -0.05) is 6.92 Å². The number of nitrogens with one attached hydrogen (secondary N) is 5. The summed E-state index contributed by atoms with van der Waals surface area (Å²) in [5, 5.41) is 75.5. The van der Waals surface area contributed by atoms with Crippen molar-refractivity contribution in [2.24, 2.45) is 0 Å². The lowest BCUT2D eigenvalue weighted by Gasteiger charge is -2.34. The Balaban J connectivity index is 0.000000305. The Morgan fingerprint density at radius 1 is 0.410 bits per heavy atom. The van der Waals surface area contributed by atoms with Crippen LogP contribution in [-0.2, 0) is 0 Å². The van der Waals surface area contributed by atoms with Crippen molar-refractivity contribution < 1.29 is 69.3 Å². The fourth-order valence-electron chi connectivity index (χ4n) is 7.98. The number of rotatable bonds is 24. The molecule has 9 rings (SSSR count). The van der Waals surface area contributed by atoms with Crippen molar-refractivity contribution in [2.45, 2.75) is 40.2 Å². The molecule has 39 nitrogen and oxygen atoms in total. The fraction of sp³-hybridized carbons (Fsp3) is 0.426. The van der Waals surface area contributed by atoms with Gasteiger partial charge in [0.1, 0.15) is 85.0 Å². The number of aromatic nitrogens is 14. The molecule has 2 aliphatic heterocycles. The number of carboxylic acids is 7. The van der Waals surface area contributed by atoms with Gasteiger partial charge < -0.3 is 91.7 Å². The molecular weight excluding hydrogens is 1310 g/mol. The van der Waals surface area contributed by atoms with E-state index >= 15 is 0 Å². The van der Waals surface area contributed by atoms with Crippen LogP contribution in [0.4, 0.5) is 40.7 Å². The second-order valence-corrected chi connectivity index (χ2v) is 21.7. The summed E-state index contributed by atoms with van der Waals surface area (Å²) in [6.07, 6.45) is 9.73. The van der Waals surface area contributed by atoms with E-state index in [2.05, 4.69) is 135 Å². The highest BCUT2D eigenvalue weighted by Crippen LogP contribution is 2.16. The van der Waals surface area contributed by atoms with Gasteiger partial charge in [0.2, 0.25) is 0 Å². The highest BCUT2D eigenvalue weighted by Gasteiger charge is 2.20. The maximum Gasteiger partial charge on any atom is 0.354 e. The number of anilines is 7. The van der Waals surface area contributed by atoms with Gasteiger partial charge in [-0.25, -0.2) is 103 Å². The molecule has 0 bridgehead atoms. The molecule has 0 atom stereocenters. The second-order valence-electron chi connectivity index (χ2n) is 21.7. The highest BCUT2D eigenvalue weighted by atomic mass is 16.4. The molecular formula is C61H87N25O14. The molecule has 100 heavy (non-hydrogen) atoms. The SMILES string of the molecule is CC(C)Nc1cc(C(=O)O)ncn1.CCN1CCN(c2cc(C(=O)O)ncn2)CC1.CCNc1cc(C(=O)O)ncn1.CN(C)CCCNc1cc(C(=O)O)ncn1.CN(C)CCNc1cc(C(=O)O)ncn1.CN1CCN(c2cc(C(=O)O)ncn2)CC1.CNc1cc(C(=O)O)ncn1. The average molecular weight is 1390 g/mol. The van der Waals surface area contributed by atoms with Gasteiger partial charge in [0.25, 0.3) is 0 Å². The largest absolute Gasteiger partial charge is 0.477 e. The Hall–Kier alpha value is -11.7. The van der Waals surface area contributed by atoms with Crippen molar-refractivity contribution >= 4 is 82.5 Å². The van der Waals surface area contributed by atoms with Gasteiger partial charge >= 0.3 is 41.8 Å². The molecule has 12 N–H and O–H groups in total. The zero-order chi connectivity index (χ0) is 74.1. The summed E-state index contributed by atoms with van der Waals surface area (Å²) in [6.45, 7) is 20.4. The topological polar surface area (TPSA) is 521 Å². The average Bonchev–Trinajstić information content (AvgIpc) is 0.882. The van der Waals surface area contributed by atoms with E-state index < -0.39 is 41.8 Å². The number of carbonyl (C=O) groups is 7. The Labute approximate surface area is 576 Å². The van der Waals surface area contributed by atoms with Crippen molar-refractivity contribution in [3.05, 3.63) is 127 Å². The molecule has 0 saturated carbocycles. The third kappa shape index (κ3) is 32.8. The van der Waals surface area contributed by atoms with Crippen molar-refractivity contribution in [1.82, 2.24) is 89.4 Å². The molecule has 0 radical (unpaired) electrons. The van der Waals surface area contributed by atoms with E-state index in [-0.39, 0.29) is 45.9 Å². The van der Waals surface area contributed by atoms with Crippen LogP contribution >= 0.6 is 0 Å². The Kier molecular flexibility index (Phi) is 37.1. The lowest BCUT2D eigenvalue weighted by molar-refractivity contribution is 0.0679. The van der Waals surface area contributed by atoms with E-state index in [4.69, 9.17) is 35.7 Å². The molecule has 0 amide bonds. The Morgan fingerprint density at radius 3 is 1.06 bits per heavy atom. The molecule has 540 valence electrons. The minimum absolute atomic E-state index is 0.000880. The predicted molar refractivity (Wildman–Crippen MR) is 368 cm³/mol. The van der Waals surface area contributed by atoms with Crippen LogP contribution in [-0.4, -0.2) is 307 Å². The van der Waals surface area contributed by atoms with Gasteiger partial charge in [0, 0.05) is 134 Å². The molecule has 0 aliphatic carbocycles. The molecule has 2 aliphatic rings. The molecule has 0 unspecified atom stereocenters. The molecule has 2 fully saturated rings. The summed E-state index contributed by atoms with van der Waals surface area (Å²) < 4.78 is 0. The molecule has 39 heteroatoms. The second kappa shape index (κ2) is 44.9. The molecule has 9 heterocycles. The van der Waals surface area contributed by atoms with Crippen molar-refractivity contribution in [3.8, 4) is 0 Å². The van der Waals surface area contributed by atoms with Crippen LogP contribution in [0.25, 0.3) is 0 Å². The molecule has 0 spiro atoms. The van der Waals surface area contributed by atoms with Crippen LogP contribution in [0.1, 0.15) is 108 Å². The molecule has 7 aromatic heterocycles. The number of hydrogen-bond acceptors (Lipinski definition) is 32. The van der Waals surface area contributed by atoms with Crippen molar-refractivity contribution in [3.63, 3.8) is 0 Å². The first-order valence-corrected chi connectivity index (χ1v) is 30.9. The number of likely N-dealkylation sites (N-methyl/N-ethyl adjacent to an activating group) is 3. The van der Waals surface area contributed by atoms with Crippen LogP contribution in [0.15, 0.2) is 86.8 Å². The summed E-state index contributed by atoms with van der Waals surface area (Å²) in [7, 11) is 11.7. The lowest BCUT2D eigenvalue weighted by atomic mass is 10.3. The number of aromatic carboxylic acids is 7. The first-order chi connectivity index (χ1) is 47.6. The Bertz CT molecular complexity index is 3680. The zero-order valence-electron chi connectivity index (χ0n) is 57.2. The summed E-state index contributed by atoms with van der Waals surface area (Å²) >= 11 is 0. The maximum absolute atomic E-state index is 10.8. The minimum atomic E-state index is -1.05. The van der Waals surface area contributed by atoms with Crippen LogP contribution in [0, 0.1) is 0 Å². The third-order valence-electron chi connectivity index (χ3n) is 13.1. The van der Waals surface area contributed by atoms with Gasteiger partial charge in [-0.2, -0.15) is 0 Å². The van der Waals surface area contributed by atoms with Crippen LogP contribution < -0.4 is 36.4 Å². The normalized spacial score (nSPS) is 12.4. The molecule has 7 aromatic rings. The third-order valence-corrected chi connectivity index (χ3v) is 13.1. The number of carboxylic acid groups (broad SMARTS) is 7. The predicted octanol–water partition coefficient (Wildman–Crippen LogP) is 2.75. The summed E-state index contributed by atoms with van der Waals surface area (Å²) in [5.41, 5.74) is 0.0859. The van der Waals surface area contributed by atoms with E-state index in [1.54, 1.807) is 7.05 Å². The minimum Gasteiger partial charge on any atom is -0.477 e. The monoisotopic (exact) mass is 1390 g/mol. The van der Waals surface area contributed by atoms with E-state index in [0.717, 1.165) is 85.0 Å². The zero-order valence-corrected chi connectivity index (χ0v) is 57.2. The summed E-state index contributed by atoms with van der Waals surface area (Å²) in [6, 6.07) is 10.3. The quantitative estimate of drug-likeness (QED) is 0.0387. The van der Waals surface area contributed by atoms with E-state index in [9.17, 15) is 33.6 Å². The van der Waals surface area contributed by atoms with Crippen molar-refractivity contribution in [1.29, 1.82) is 0 Å². The Morgan fingerprint density at radius 2 is 0.720 bits per heavy atom. The van der Waals surface area contributed by atoms with Crippen molar-refractivity contribution in [2.75, 3.05) is 170 Å². The standard InChI is InChI=1S/C11H16N4O2.C10H14N4O2.C10H16N4O2.C9H14N4O2.C8H11N3O2.C7H9N3O2.C6H7N3O2/c1-2-14-3-5-15(6-4-14)10-7-9(11(16)17)12-8-13-10;1-13-2-4-14(5-3-13)9-6-8(10(15)16)11-7-12-9;1-14(2)5-3-4-11-9-6-8(10(15)16)12-7-13-9;1-13(2)4-3-10-8-5-7(9(14)15)11-6-12-8;1-5(2)11-7-3-6(8(12)13)9-4-10-7;1-2-8-6-3-5(7(11)12)9-4-10-6;1-7-5-2-4(6(10)11)8-3-9-5/h7-8H,2-6H2,1H3,(H,16,17);6-7H,2-5H2,1H3,(H,15,16);6-7H,3-5H2,1-2H3,(H,15,16)(H,11,12,13);5-6H,3-4H2,1-2H3,(H,14,15)(H,10,11,12);3-5H,1-2H3,(H,12,13)(H,9,10,11);3-4H,2H2,1H3,(H,11,12)(H,8,9,10);2-3H,1H3,(H,10,11)(H,7,8,9). The summed E-state index contributed by atoms with van der Waals surface area (Å²) in [4.78, 5) is 140. The van der Waals surface area contributed by atoms with Crippen LogP contribution in [0.2, 0.25) is 0 Å². The molecule has 0 aromatic carbocycles. The van der Waals surface area contributed by atoms with Crippen LogP contribution in [0.5, 0.6) is 0 Å². The van der Waals surface area contributed by atoms with E-state index in [0.29, 0.717) is 53.8 Å². The first kappa shape index (κ1) is 82.5. The lowest BCUT2D eigenvalue weighted by Crippen LogP contribution is -2.46.